The zero-order chi connectivity index (χ0) is 14.5. The molecule has 0 bridgehead atoms. The maximum Gasteiger partial charge on any atom is 0.235 e. The number of aromatic nitrogens is 4. The third-order valence-electron chi connectivity index (χ3n) is 2.62. The summed E-state index contributed by atoms with van der Waals surface area (Å²) in [6, 6.07) is 9.40. The summed E-state index contributed by atoms with van der Waals surface area (Å²) in [7, 11) is 0. The predicted octanol–water partition coefficient (Wildman–Crippen LogP) is 1.65. The third-order valence-corrected chi connectivity index (χ3v) is 3.86. The number of benzene rings is 1. The SMILES string of the molecule is CC(C)Cn1nnnc1SC(C(N)=O)c1ccccc1. The minimum absolute atomic E-state index is 0.403. The van der Waals surface area contributed by atoms with Crippen LogP contribution in [-0.2, 0) is 11.3 Å². The molecule has 2 rings (SSSR count). The lowest BCUT2D eigenvalue weighted by Crippen LogP contribution is -2.19. The van der Waals surface area contributed by atoms with Crippen molar-refractivity contribution < 1.29 is 4.79 Å². The lowest BCUT2D eigenvalue weighted by Gasteiger charge is -2.13. The maximum absolute atomic E-state index is 11.7. The quantitative estimate of drug-likeness (QED) is 0.818. The first kappa shape index (κ1) is 14.5. The predicted molar refractivity (Wildman–Crippen MR) is 76.9 cm³/mol. The van der Waals surface area contributed by atoms with Gasteiger partial charge in [0.2, 0.25) is 11.1 Å². The molecule has 1 heterocycles. The van der Waals surface area contributed by atoms with Gasteiger partial charge in [-0.3, -0.25) is 4.79 Å². The number of carbonyl (C=O) groups excluding carboxylic acids is 1. The van der Waals surface area contributed by atoms with Crippen molar-refractivity contribution >= 4 is 17.7 Å². The fraction of sp³-hybridized carbons (Fsp3) is 0.385. The van der Waals surface area contributed by atoms with E-state index in [-0.39, 0.29) is 0 Å². The Hall–Kier alpha value is -1.89. The van der Waals surface area contributed by atoms with Crippen LogP contribution in [0.25, 0.3) is 0 Å². The number of carbonyl (C=O) groups is 1. The number of primary amides is 1. The number of hydrogen-bond donors (Lipinski definition) is 1. The minimum Gasteiger partial charge on any atom is -0.368 e. The molecule has 0 saturated carbocycles. The van der Waals surface area contributed by atoms with Crippen molar-refractivity contribution in [1.29, 1.82) is 0 Å². The number of amides is 1. The highest BCUT2D eigenvalue weighted by Gasteiger charge is 2.22. The first-order valence-corrected chi connectivity index (χ1v) is 7.23. The molecule has 0 spiro atoms. The molecule has 0 radical (unpaired) electrons. The minimum atomic E-state index is -0.492. The normalized spacial score (nSPS) is 12.6. The molecule has 0 aliphatic heterocycles. The highest BCUT2D eigenvalue weighted by molar-refractivity contribution is 8.00. The number of nitrogens with zero attached hydrogens (tertiary/aromatic N) is 4. The Morgan fingerprint density at radius 3 is 2.65 bits per heavy atom. The van der Waals surface area contributed by atoms with Gasteiger partial charge in [0.25, 0.3) is 0 Å². The third kappa shape index (κ3) is 3.57. The Bertz CT molecular complexity index is 569. The monoisotopic (exact) mass is 291 g/mol. The van der Waals surface area contributed by atoms with Crippen molar-refractivity contribution in [1.82, 2.24) is 20.2 Å². The Morgan fingerprint density at radius 1 is 1.35 bits per heavy atom. The number of tetrazole rings is 1. The van der Waals surface area contributed by atoms with Crippen molar-refractivity contribution in [3.63, 3.8) is 0 Å². The summed E-state index contributed by atoms with van der Waals surface area (Å²) in [4.78, 5) is 11.7. The summed E-state index contributed by atoms with van der Waals surface area (Å²) in [5, 5.41) is 11.7. The molecule has 0 saturated heterocycles. The first-order valence-electron chi connectivity index (χ1n) is 6.35. The number of rotatable bonds is 6. The molecule has 6 nitrogen and oxygen atoms in total. The molecule has 7 heteroatoms. The van der Waals surface area contributed by atoms with Crippen LogP contribution in [0.4, 0.5) is 0 Å². The van der Waals surface area contributed by atoms with E-state index in [4.69, 9.17) is 5.73 Å². The smallest absolute Gasteiger partial charge is 0.235 e. The van der Waals surface area contributed by atoms with Crippen LogP contribution in [0, 0.1) is 5.92 Å². The van der Waals surface area contributed by atoms with Crippen LogP contribution in [0.15, 0.2) is 35.5 Å². The zero-order valence-electron chi connectivity index (χ0n) is 11.4. The zero-order valence-corrected chi connectivity index (χ0v) is 12.2. The lowest BCUT2D eigenvalue weighted by molar-refractivity contribution is -0.117. The molecule has 1 aromatic heterocycles. The molecule has 0 fully saturated rings. The van der Waals surface area contributed by atoms with Crippen LogP contribution in [0.2, 0.25) is 0 Å². The van der Waals surface area contributed by atoms with Gasteiger partial charge in [0.15, 0.2) is 0 Å². The Labute approximate surface area is 121 Å². The maximum atomic E-state index is 11.7. The average molecular weight is 291 g/mol. The molecule has 1 atom stereocenters. The summed E-state index contributed by atoms with van der Waals surface area (Å²) < 4.78 is 1.70. The van der Waals surface area contributed by atoms with E-state index >= 15 is 0 Å². The van der Waals surface area contributed by atoms with E-state index in [1.54, 1.807) is 4.68 Å². The molecule has 106 valence electrons. The average Bonchev–Trinajstić information content (AvgIpc) is 2.83. The van der Waals surface area contributed by atoms with Crippen molar-refractivity contribution in [3.05, 3.63) is 35.9 Å². The van der Waals surface area contributed by atoms with Gasteiger partial charge in [-0.25, -0.2) is 4.68 Å². The molecule has 20 heavy (non-hydrogen) atoms. The fourth-order valence-electron chi connectivity index (χ4n) is 1.76. The largest absolute Gasteiger partial charge is 0.368 e. The number of nitrogens with two attached hydrogens (primary N) is 1. The Morgan fingerprint density at radius 2 is 2.05 bits per heavy atom. The molecular weight excluding hydrogens is 274 g/mol. The summed E-state index contributed by atoms with van der Waals surface area (Å²) in [5.74, 6) is 0.0156. The van der Waals surface area contributed by atoms with Gasteiger partial charge in [-0.2, -0.15) is 0 Å². The van der Waals surface area contributed by atoms with E-state index in [1.807, 2.05) is 30.3 Å². The van der Waals surface area contributed by atoms with Gasteiger partial charge < -0.3 is 5.73 Å². The molecule has 0 aliphatic carbocycles. The van der Waals surface area contributed by atoms with E-state index < -0.39 is 11.2 Å². The van der Waals surface area contributed by atoms with Gasteiger partial charge in [-0.15, -0.1) is 5.10 Å². The molecular formula is C13H17N5OS. The van der Waals surface area contributed by atoms with Crippen molar-refractivity contribution in [2.75, 3.05) is 0 Å². The topological polar surface area (TPSA) is 86.7 Å². The Balaban J connectivity index is 2.21. The van der Waals surface area contributed by atoms with Crippen LogP contribution < -0.4 is 5.73 Å². The second-order valence-electron chi connectivity index (χ2n) is 4.85. The standard InChI is InChI=1S/C13H17N5OS/c1-9(2)8-18-13(15-16-17-18)20-11(12(14)19)10-6-4-3-5-7-10/h3-7,9,11H,8H2,1-2H3,(H2,14,19). The molecule has 0 aliphatic rings. The van der Waals surface area contributed by atoms with Gasteiger partial charge in [0.1, 0.15) is 5.25 Å². The highest BCUT2D eigenvalue weighted by atomic mass is 32.2. The highest BCUT2D eigenvalue weighted by Crippen LogP contribution is 2.33. The number of thioether (sulfide) groups is 1. The molecule has 1 amide bonds. The van der Waals surface area contributed by atoms with Gasteiger partial charge in [0.05, 0.1) is 0 Å². The molecule has 2 N–H and O–H groups in total. The van der Waals surface area contributed by atoms with Gasteiger partial charge in [-0.05, 0) is 21.9 Å². The second-order valence-corrected chi connectivity index (χ2v) is 5.92. The van der Waals surface area contributed by atoms with Gasteiger partial charge >= 0.3 is 0 Å². The van der Waals surface area contributed by atoms with Crippen molar-refractivity contribution in [2.45, 2.75) is 30.8 Å². The first-order chi connectivity index (χ1) is 9.58. The Kier molecular flexibility index (Phi) is 4.73. The van der Waals surface area contributed by atoms with Crippen LogP contribution in [-0.4, -0.2) is 26.1 Å². The van der Waals surface area contributed by atoms with E-state index in [2.05, 4.69) is 29.4 Å². The van der Waals surface area contributed by atoms with E-state index in [0.29, 0.717) is 17.6 Å². The fourth-order valence-corrected chi connectivity index (χ4v) is 2.70. The lowest BCUT2D eigenvalue weighted by atomic mass is 10.1. The van der Waals surface area contributed by atoms with Crippen LogP contribution in [0.3, 0.4) is 0 Å². The van der Waals surface area contributed by atoms with Gasteiger partial charge in [-0.1, -0.05) is 55.9 Å². The van der Waals surface area contributed by atoms with Crippen molar-refractivity contribution in [3.8, 4) is 0 Å². The van der Waals surface area contributed by atoms with Crippen LogP contribution in [0.1, 0.15) is 24.7 Å². The van der Waals surface area contributed by atoms with E-state index in [1.165, 1.54) is 11.8 Å². The summed E-state index contributed by atoms with van der Waals surface area (Å²) >= 11 is 1.28. The molecule has 1 unspecified atom stereocenters. The van der Waals surface area contributed by atoms with E-state index in [9.17, 15) is 4.79 Å². The van der Waals surface area contributed by atoms with Gasteiger partial charge in [0, 0.05) is 6.54 Å². The summed E-state index contributed by atoms with van der Waals surface area (Å²) in [6.45, 7) is 4.87. The molecule has 2 aromatic rings. The van der Waals surface area contributed by atoms with Crippen molar-refractivity contribution in [2.24, 2.45) is 11.7 Å². The van der Waals surface area contributed by atoms with Crippen LogP contribution in [0.5, 0.6) is 0 Å². The van der Waals surface area contributed by atoms with E-state index in [0.717, 1.165) is 5.56 Å². The van der Waals surface area contributed by atoms with Crippen LogP contribution >= 0.6 is 11.8 Å². The number of hydrogen-bond acceptors (Lipinski definition) is 5. The molecule has 1 aromatic carbocycles. The summed E-state index contributed by atoms with van der Waals surface area (Å²) in [5.41, 5.74) is 6.35. The summed E-state index contributed by atoms with van der Waals surface area (Å²) in [6.07, 6.45) is 0. The second kappa shape index (κ2) is 6.51.